The van der Waals surface area contributed by atoms with Gasteiger partial charge in [-0.1, -0.05) is 6.07 Å². The lowest BCUT2D eigenvalue weighted by atomic mass is 10.2. The molecule has 0 aliphatic heterocycles. The van der Waals surface area contributed by atoms with Crippen LogP contribution in [0, 0.1) is 6.92 Å². The van der Waals surface area contributed by atoms with Gasteiger partial charge in [0, 0.05) is 9.35 Å². The van der Waals surface area contributed by atoms with E-state index in [4.69, 9.17) is 0 Å². The summed E-state index contributed by atoms with van der Waals surface area (Å²) in [5.74, 6) is 0. The summed E-state index contributed by atoms with van der Waals surface area (Å²) >= 11 is 4.67. The minimum Gasteiger partial charge on any atom is -0.319 e. The number of hydrogen-bond acceptors (Lipinski definition) is 4. The third-order valence-electron chi connectivity index (χ3n) is 2.89. The van der Waals surface area contributed by atoms with Gasteiger partial charge in [-0.05, 0) is 72.7 Å². The van der Waals surface area contributed by atoms with Crippen molar-refractivity contribution >= 4 is 43.0 Å². The molecule has 0 aliphatic carbocycles. The van der Waals surface area contributed by atoms with Crippen molar-refractivity contribution in [2.75, 3.05) is 18.3 Å². The van der Waals surface area contributed by atoms with Gasteiger partial charge in [-0.25, -0.2) is 8.42 Å². The van der Waals surface area contributed by atoms with Gasteiger partial charge in [-0.2, -0.15) is 0 Å². The highest BCUT2D eigenvalue weighted by Gasteiger charge is 2.18. The lowest BCUT2D eigenvalue weighted by Crippen LogP contribution is -2.12. The van der Waals surface area contributed by atoms with E-state index in [1.165, 1.54) is 11.3 Å². The van der Waals surface area contributed by atoms with Crippen LogP contribution in [0.15, 0.2) is 39.0 Å². The Kier molecular flexibility index (Phi) is 5.43. The molecule has 114 valence electrons. The molecule has 2 N–H and O–H groups in total. The summed E-state index contributed by atoms with van der Waals surface area (Å²) in [6.45, 7) is 2.75. The largest absolute Gasteiger partial charge is 0.319 e. The highest BCUT2D eigenvalue weighted by molar-refractivity contribution is 9.10. The lowest BCUT2D eigenvalue weighted by Gasteiger charge is -2.09. The summed E-state index contributed by atoms with van der Waals surface area (Å²) in [6.07, 6.45) is 0.824. The zero-order valence-electron chi connectivity index (χ0n) is 11.8. The molecule has 0 fully saturated rings. The van der Waals surface area contributed by atoms with Crippen molar-refractivity contribution in [2.45, 2.75) is 17.6 Å². The van der Waals surface area contributed by atoms with Crippen molar-refractivity contribution < 1.29 is 8.42 Å². The van der Waals surface area contributed by atoms with E-state index in [-0.39, 0.29) is 0 Å². The SMILES string of the molecule is CNCCc1ccc(S(=O)(=O)Nc2cc(C)ccc2Br)s1. The summed E-state index contributed by atoms with van der Waals surface area (Å²) in [5.41, 5.74) is 1.55. The summed E-state index contributed by atoms with van der Waals surface area (Å²) in [6, 6.07) is 9.07. The Morgan fingerprint density at radius 1 is 1.24 bits per heavy atom. The summed E-state index contributed by atoms with van der Waals surface area (Å²) in [5, 5.41) is 3.05. The first-order chi connectivity index (χ1) is 9.92. The topological polar surface area (TPSA) is 58.2 Å². The van der Waals surface area contributed by atoms with E-state index in [2.05, 4.69) is 26.0 Å². The fourth-order valence-corrected chi connectivity index (χ4v) is 4.70. The molecule has 0 saturated carbocycles. The number of likely N-dealkylation sites (N-methyl/N-ethyl adjacent to an activating group) is 1. The monoisotopic (exact) mass is 388 g/mol. The molecule has 0 unspecified atom stereocenters. The van der Waals surface area contributed by atoms with E-state index in [1.807, 2.05) is 32.2 Å². The van der Waals surface area contributed by atoms with Gasteiger partial charge in [-0.3, -0.25) is 4.72 Å². The third kappa shape index (κ3) is 4.29. The van der Waals surface area contributed by atoms with Crippen LogP contribution < -0.4 is 10.0 Å². The average Bonchev–Trinajstić information content (AvgIpc) is 2.90. The van der Waals surface area contributed by atoms with Crippen LogP contribution in [0.25, 0.3) is 0 Å². The van der Waals surface area contributed by atoms with Crippen molar-refractivity contribution in [1.29, 1.82) is 0 Å². The van der Waals surface area contributed by atoms with Crippen LogP contribution >= 0.6 is 27.3 Å². The first kappa shape index (κ1) is 16.5. The molecule has 0 aliphatic rings. The zero-order chi connectivity index (χ0) is 15.5. The first-order valence-electron chi connectivity index (χ1n) is 6.44. The van der Waals surface area contributed by atoms with Gasteiger partial charge in [0.2, 0.25) is 0 Å². The van der Waals surface area contributed by atoms with Gasteiger partial charge in [0.25, 0.3) is 10.0 Å². The molecule has 1 heterocycles. The van der Waals surface area contributed by atoms with E-state index in [9.17, 15) is 8.42 Å². The van der Waals surface area contributed by atoms with Crippen molar-refractivity contribution in [1.82, 2.24) is 5.32 Å². The maximum atomic E-state index is 12.4. The van der Waals surface area contributed by atoms with Gasteiger partial charge in [-0.15, -0.1) is 11.3 Å². The number of rotatable bonds is 6. The molecule has 21 heavy (non-hydrogen) atoms. The van der Waals surface area contributed by atoms with E-state index < -0.39 is 10.0 Å². The maximum Gasteiger partial charge on any atom is 0.271 e. The minimum atomic E-state index is -3.54. The molecule has 1 aromatic carbocycles. The Labute approximate surface area is 137 Å². The first-order valence-corrected chi connectivity index (χ1v) is 9.54. The van der Waals surface area contributed by atoms with E-state index in [0.29, 0.717) is 9.90 Å². The van der Waals surface area contributed by atoms with Gasteiger partial charge in [0.05, 0.1) is 5.69 Å². The molecule has 2 rings (SSSR count). The minimum absolute atomic E-state index is 0.335. The fraction of sp³-hybridized carbons (Fsp3) is 0.286. The number of nitrogens with one attached hydrogen (secondary N) is 2. The number of sulfonamides is 1. The number of halogens is 1. The Morgan fingerprint density at radius 2 is 2.00 bits per heavy atom. The van der Waals surface area contributed by atoms with Crippen LogP contribution in [0.1, 0.15) is 10.4 Å². The van der Waals surface area contributed by atoms with Crippen LogP contribution in [0.2, 0.25) is 0 Å². The number of anilines is 1. The zero-order valence-corrected chi connectivity index (χ0v) is 15.0. The lowest BCUT2D eigenvalue weighted by molar-refractivity contribution is 0.603. The van der Waals surface area contributed by atoms with Gasteiger partial charge in [0.15, 0.2) is 0 Å². The second-order valence-electron chi connectivity index (χ2n) is 4.66. The second kappa shape index (κ2) is 6.91. The molecule has 0 amide bonds. The molecule has 0 bridgehead atoms. The summed E-state index contributed by atoms with van der Waals surface area (Å²) in [4.78, 5) is 1.05. The Morgan fingerprint density at radius 3 is 2.71 bits per heavy atom. The molecule has 0 saturated heterocycles. The standard InChI is InChI=1S/C14H17BrN2O2S2/c1-10-3-5-12(15)13(9-10)17-21(18,19)14-6-4-11(20-14)7-8-16-2/h3-6,9,16-17H,7-8H2,1-2H3. The van der Waals surface area contributed by atoms with Gasteiger partial charge >= 0.3 is 0 Å². The third-order valence-corrected chi connectivity index (χ3v) is 6.58. The van der Waals surface area contributed by atoms with Crippen LogP contribution in [-0.4, -0.2) is 22.0 Å². The van der Waals surface area contributed by atoms with Crippen molar-refractivity contribution in [2.24, 2.45) is 0 Å². The van der Waals surface area contributed by atoms with Crippen LogP contribution in [0.3, 0.4) is 0 Å². The fourth-order valence-electron chi connectivity index (χ4n) is 1.80. The van der Waals surface area contributed by atoms with Crippen LogP contribution in [0.5, 0.6) is 0 Å². The van der Waals surface area contributed by atoms with Crippen LogP contribution in [-0.2, 0) is 16.4 Å². The van der Waals surface area contributed by atoms with E-state index >= 15 is 0 Å². The summed E-state index contributed by atoms with van der Waals surface area (Å²) in [7, 11) is -1.66. The normalized spacial score (nSPS) is 11.6. The number of thiophene rings is 1. The molecule has 7 heteroatoms. The smallest absolute Gasteiger partial charge is 0.271 e. The van der Waals surface area contributed by atoms with Crippen molar-refractivity contribution in [3.8, 4) is 0 Å². The molecule has 4 nitrogen and oxygen atoms in total. The highest BCUT2D eigenvalue weighted by Crippen LogP contribution is 2.28. The molecule has 0 atom stereocenters. The van der Waals surface area contributed by atoms with Gasteiger partial charge < -0.3 is 5.32 Å². The number of benzene rings is 1. The Bertz CT molecular complexity index is 726. The van der Waals surface area contributed by atoms with Crippen LogP contribution in [0.4, 0.5) is 5.69 Å². The number of hydrogen-bond donors (Lipinski definition) is 2. The quantitative estimate of drug-likeness (QED) is 0.797. The Balaban J connectivity index is 2.22. The molecule has 2 aromatic rings. The molecule has 1 aromatic heterocycles. The second-order valence-corrected chi connectivity index (χ2v) is 8.60. The van der Waals surface area contributed by atoms with Crippen molar-refractivity contribution in [3.05, 3.63) is 45.2 Å². The maximum absolute atomic E-state index is 12.4. The van der Waals surface area contributed by atoms with Gasteiger partial charge in [0.1, 0.15) is 4.21 Å². The highest BCUT2D eigenvalue weighted by atomic mass is 79.9. The Hall–Kier alpha value is -0.890. The van der Waals surface area contributed by atoms with E-state index in [1.54, 1.807) is 12.1 Å². The van der Waals surface area contributed by atoms with E-state index in [0.717, 1.165) is 27.9 Å². The molecule has 0 spiro atoms. The predicted molar refractivity (Wildman–Crippen MR) is 91.6 cm³/mol. The van der Waals surface area contributed by atoms with Crippen molar-refractivity contribution in [3.63, 3.8) is 0 Å². The average molecular weight is 389 g/mol. The predicted octanol–water partition coefficient (Wildman–Crippen LogP) is 3.38. The molecular weight excluding hydrogens is 372 g/mol. The molecular formula is C14H17BrN2O2S2. The number of aryl methyl sites for hydroxylation is 1. The molecule has 0 radical (unpaired) electrons. The summed E-state index contributed by atoms with van der Waals surface area (Å²) < 4.78 is 28.5.